The Balaban J connectivity index is 1.77. The van der Waals surface area contributed by atoms with Crippen LogP contribution in [0.4, 0.5) is 10.2 Å². The Morgan fingerprint density at radius 2 is 2.09 bits per heavy atom. The fourth-order valence-electron chi connectivity index (χ4n) is 2.07. The van der Waals surface area contributed by atoms with Gasteiger partial charge < -0.3 is 10.4 Å². The van der Waals surface area contributed by atoms with Crippen molar-refractivity contribution in [1.82, 2.24) is 15.0 Å². The fraction of sp³-hybridized carbons (Fsp3) is 0.133. The molecular formula is C15H12ClFN4O. The monoisotopic (exact) mass is 318 g/mol. The molecule has 0 saturated heterocycles. The Morgan fingerprint density at radius 1 is 1.23 bits per heavy atom. The molecule has 0 amide bonds. The summed E-state index contributed by atoms with van der Waals surface area (Å²) in [5.41, 5.74) is 0.998. The zero-order valence-corrected chi connectivity index (χ0v) is 12.1. The number of halogens is 2. The van der Waals surface area contributed by atoms with Crippen LogP contribution in [0.1, 0.15) is 11.7 Å². The van der Waals surface area contributed by atoms with Gasteiger partial charge in [0.05, 0.1) is 16.5 Å². The van der Waals surface area contributed by atoms with Gasteiger partial charge in [0.1, 0.15) is 18.0 Å². The lowest BCUT2D eigenvalue weighted by molar-refractivity contribution is 0.191. The number of pyridine rings is 1. The van der Waals surface area contributed by atoms with Gasteiger partial charge in [0.15, 0.2) is 5.65 Å². The molecule has 5 nitrogen and oxygen atoms in total. The van der Waals surface area contributed by atoms with Gasteiger partial charge in [-0.25, -0.2) is 19.3 Å². The number of aromatic nitrogens is 3. The van der Waals surface area contributed by atoms with E-state index in [0.29, 0.717) is 17.0 Å². The van der Waals surface area contributed by atoms with Gasteiger partial charge >= 0.3 is 0 Å². The first-order chi connectivity index (χ1) is 10.6. The summed E-state index contributed by atoms with van der Waals surface area (Å²) in [6.45, 7) is 0.169. The predicted octanol–water partition coefficient (Wildman–Crippen LogP) is 2.96. The lowest BCUT2D eigenvalue weighted by atomic mass is 10.1. The van der Waals surface area contributed by atoms with Crippen molar-refractivity contribution in [3.63, 3.8) is 0 Å². The van der Waals surface area contributed by atoms with Crippen molar-refractivity contribution in [2.24, 2.45) is 0 Å². The maximum Gasteiger partial charge on any atom is 0.164 e. The van der Waals surface area contributed by atoms with Crippen LogP contribution in [-0.4, -0.2) is 26.6 Å². The summed E-state index contributed by atoms with van der Waals surface area (Å²) in [4.78, 5) is 12.3. The fourth-order valence-corrected chi connectivity index (χ4v) is 2.18. The van der Waals surface area contributed by atoms with Gasteiger partial charge in [-0.3, -0.25) is 0 Å². The molecule has 1 unspecified atom stereocenters. The minimum atomic E-state index is -0.895. The van der Waals surface area contributed by atoms with E-state index in [1.807, 2.05) is 6.07 Å². The van der Waals surface area contributed by atoms with Gasteiger partial charge in [0.25, 0.3) is 0 Å². The highest BCUT2D eigenvalue weighted by Crippen LogP contribution is 2.22. The van der Waals surface area contributed by atoms with Gasteiger partial charge in [-0.2, -0.15) is 0 Å². The second-order valence-electron chi connectivity index (χ2n) is 4.67. The zero-order chi connectivity index (χ0) is 15.5. The molecule has 0 aliphatic heterocycles. The summed E-state index contributed by atoms with van der Waals surface area (Å²) in [7, 11) is 0. The number of fused-ring (bicyclic) bond motifs is 1. The molecule has 7 heteroatoms. The lowest BCUT2D eigenvalue weighted by Gasteiger charge is -2.14. The first-order valence-electron chi connectivity index (χ1n) is 6.58. The third-order valence-corrected chi connectivity index (χ3v) is 3.51. The topological polar surface area (TPSA) is 70.9 Å². The second kappa shape index (κ2) is 6.21. The van der Waals surface area contributed by atoms with Crippen LogP contribution in [0.5, 0.6) is 0 Å². The highest BCUT2D eigenvalue weighted by molar-refractivity contribution is 6.30. The Bertz CT molecular complexity index is 809. The number of benzene rings is 1. The molecule has 0 saturated carbocycles. The summed E-state index contributed by atoms with van der Waals surface area (Å²) >= 11 is 5.63. The molecule has 2 aromatic heterocycles. The molecule has 3 rings (SSSR count). The average molecular weight is 319 g/mol. The van der Waals surface area contributed by atoms with Crippen molar-refractivity contribution in [3.8, 4) is 0 Å². The van der Waals surface area contributed by atoms with Crippen LogP contribution in [0.25, 0.3) is 11.0 Å². The first kappa shape index (κ1) is 14.6. The predicted molar refractivity (Wildman–Crippen MR) is 82.2 cm³/mol. The molecule has 0 bridgehead atoms. The van der Waals surface area contributed by atoms with Gasteiger partial charge in [0, 0.05) is 12.7 Å². The molecule has 2 heterocycles. The van der Waals surface area contributed by atoms with E-state index < -0.39 is 11.9 Å². The summed E-state index contributed by atoms with van der Waals surface area (Å²) in [6, 6.07) is 7.83. The Morgan fingerprint density at radius 3 is 2.91 bits per heavy atom. The maximum atomic E-state index is 13.4. The number of nitrogens with zero attached hydrogens (tertiary/aromatic N) is 3. The number of nitrogens with one attached hydrogen (secondary N) is 1. The highest BCUT2D eigenvalue weighted by atomic mass is 35.5. The van der Waals surface area contributed by atoms with Crippen LogP contribution in [0.15, 0.2) is 42.9 Å². The van der Waals surface area contributed by atoms with Crippen LogP contribution in [0, 0.1) is 5.82 Å². The van der Waals surface area contributed by atoms with E-state index in [1.165, 1.54) is 18.5 Å². The van der Waals surface area contributed by atoms with Crippen molar-refractivity contribution in [1.29, 1.82) is 0 Å². The summed E-state index contributed by atoms with van der Waals surface area (Å²) in [6.07, 6.45) is 2.14. The van der Waals surface area contributed by atoms with E-state index in [9.17, 15) is 9.50 Å². The molecule has 0 spiro atoms. The van der Waals surface area contributed by atoms with E-state index in [4.69, 9.17) is 11.6 Å². The number of hydrogen-bond donors (Lipinski definition) is 2. The largest absolute Gasteiger partial charge is 0.387 e. The Kier molecular flexibility index (Phi) is 4.13. The van der Waals surface area contributed by atoms with Crippen LogP contribution in [0.2, 0.25) is 5.02 Å². The zero-order valence-electron chi connectivity index (χ0n) is 11.4. The molecular weight excluding hydrogens is 307 g/mol. The van der Waals surface area contributed by atoms with Crippen molar-refractivity contribution in [2.45, 2.75) is 6.10 Å². The van der Waals surface area contributed by atoms with E-state index >= 15 is 0 Å². The van der Waals surface area contributed by atoms with Gasteiger partial charge in [0.2, 0.25) is 0 Å². The molecule has 3 aromatic rings. The van der Waals surface area contributed by atoms with Gasteiger partial charge in [-0.15, -0.1) is 0 Å². The van der Waals surface area contributed by atoms with Gasteiger partial charge in [-0.1, -0.05) is 17.7 Å². The molecule has 1 atom stereocenters. The van der Waals surface area contributed by atoms with Crippen molar-refractivity contribution in [2.75, 3.05) is 11.9 Å². The van der Waals surface area contributed by atoms with Crippen molar-refractivity contribution < 1.29 is 9.50 Å². The van der Waals surface area contributed by atoms with Crippen molar-refractivity contribution >= 4 is 28.5 Å². The average Bonchev–Trinajstić information content (AvgIpc) is 2.55. The van der Waals surface area contributed by atoms with Gasteiger partial charge in [-0.05, 0) is 29.8 Å². The minimum absolute atomic E-state index is 0.0248. The van der Waals surface area contributed by atoms with E-state index in [2.05, 4.69) is 20.3 Å². The number of rotatable bonds is 4. The Hall–Kier alpha value is -2.31. The Labute approximate surface area is 130 Å². The molecule has 0 fully saturated rings. The summed E-state index contributed by atoms with van der Waals surface area (Å²) in [5, 5.41) is 13.9. The third kappa shape index (κ3) is 2.98. The van der Waals surface area contributed by atoms with Crippen LogP contribution in [-0.2, 0) is 0 Å². The summed E-state index contributed by atoms with van der Waals surface area (Å²) < 4.78 is 13.4. The molecule has 0 aliphatic carbocycles. The maximum absolute atomic E-state index is 13.4. The third-order valence-electron chi connectivity index (χ3n) is 3.20. The van der Waals surface area contributed by atoms with Crippen LogP contribution in [0.3, 0.4) is 0 Å². The minimum Gasteiger partial charge on any atom is -0.387 e. The molecule has 22 heavy (non-hydrogen) atoms. The number of hydrogen-bond acceptors (Lipinski definition) is 5. The highest BCUT2D eigenvalue weighted by Gasteiger charge is 2.11. The second-order valence-corrected chi connectivity index (χ2v) is 5.07. The van der Waals surface area contributed by atoms with Crippen molar-refractivity contribution in [3.05, 3.63) is 59.3 Å². The van der Waals surface area contributed by atoms with E-state index in [-0.39, 0.29) is 11.6 Å². The first-order valence-corrected chi connectivity index (χ1v) is 6.95. The van der Waals surface area contributed by atoms with E-state index in [1.54, 1.807) is 18.3 Å². The molecule has 2 N–H and O–H groups in total. The SMILES string of the molecule is OC(CNc1ncnc2ncccc12)c1ccc(Cl)c(F)c1. The number of aliphatic hydroxyl groups excluding tert-OH is 1. The number of aliphatic hydroxyl groups is 1. The van der Waals surface area contributed by atoms with E-state index in [0.717, 1.165) is 5.39 Å². The normalized spacial score (nSPS) is 12.3. The van der Waals surface area contributed by atoms with Crippen LogP contribution < -0.4 is 5.32 Å². The number of anilines is 1. The van der Waals surface area contributed by atoms with Crippen LogP contribution >= 0.6 is 11.6 Å². The standard InChI is InChI=1S/C15H12ClFN4O/c16-11-4-3-9(6-12(11)17)13(22)7-19-15-10-2-1-5-18-14(10)20-8-21-15/h1-6,8,13,22H,7H2,(H,18,19,20,21). The summed E-state index contributed by atoms with van der Waals surface area (Å²) in [5.74, 6) is 0.00138. The molecule has 1 aromatic carbocycles. The molecule has 112 valence electrons. The lowest BCUT2D eigenvalue weighted by Crippen LogP contribution is -2.13. The molecule has 0 radical (unpaired) electrons. The molecule has 0 aliphatic rings. The smallest absolute Gasteiger partial charge is 0.164 e. The quantitative estimate of drug-likeness (QED) is 0.774.